The SMILES string of the molecule is Cc1cc(Br)ccc1NCc1cn[nH]c1C. The van der Waals surface area contributed by atoms with Crippen molar-refractivity contribution in [2.24, 2.45) is 0 Å². The molecular weight excluding hydrogens is 266 g/mol. The van der Waals surface area contributed by atoms with Gasteiger partial charge in [-0.3, -0.25) is 5.10 Å². The molecule has 0 bridgehead atoms. The predicted molar refractivity (Wildman–Crippen MR) is 69.5 cm³/mol. The molecule has 1 aromatic heterocycles. The second kappa shape index (κ2) is 4.70. The number of rotatable bonds is 3. The van der Waals surface area contributed by atoms with E-state index >= 15 is 0 Å². The summed E-state index contributed by atoms with van der Waals surface area (Å²) >= 11 is 3.45. The zero-order valence-electron chi connectivity index (χ0n) is 9.34. The van der Waals surface area contributed by atoms with Crippen LogP contribution in [0.3, 0.4) is 0 Å². The van der Waals surface area contributed by atoms with Gasteiger partial charge in [0.25, 0.3) is 0 Å². The van der Waals surface area contributed by atoms with Gasteiger partial charge >= 0.3 is 0 Å². The van der Waals surface area contributed by atoms with Gasteiger partial charge in [0.1, 0.15) is 0 Å². The van der Waals surface area contributed by atoms with E-state index in [9.17, 15) is 0 Å². The summed E-state index contributed by atoms with van der Waals surface area (Å²) in [4.78, 5) is 0. The van der Waals surface area contributed by atoms with E-state index in [1.54, 1.807) is 0 Å². The fourth-order valence-corrected chi connectivity index (χ4v) is 2.05. The van der Waals surface area contributed by atoms with Gasteiger partial charge in [-0.1, -0.05) is 15.9 Å². The predicted octanol–water partition coefficient (Wildman–Crippen LogP) is 3.40. The quantitative estimate of drug-likeness (QED) is 0.904. The van der Waals surface area contributed by atoms with Crippen LogP contribution in [-0.4, -0.2) is 10.2 Å². The third-order valence-electron chi connectivity index (χ3n) is 2.59. The van der Waals surface area contributed by atoms with Crippen LogP contribution in [0.5, 0.6) is 0 Å². The Morgan fingerprint density at radius 2 is 2.19 bits per heavy atom. The largest absolute Gasteiger partial charge is 0.381 e. The average molecular weight is 280 g/mol. The Balaban J connectivity index is 2.08. The molecule has 0 aliphatic carbocycles. The van der Waals surface area contributed by atoms with Crippen LogP contribution in [0.15, 0.2) is 28.9 Å². The molecule has 0 amide bonds. The van der Waals surface area contributed by atoms with Gasteiger partial charge < -0.3 is 5.32 Å². The molecule has 3 nitrogen and oxygen atoms in total. The lowest BCUT2D eigenvalue weighted by Gasteiger charge is -2.09. The molecule has 0 atom stereocenters. The van der Waals surface area contributed by atoms with E-state index in [1.165, 1.54) is 11.1 Å². The summed E-state index contributed by atoms with van der Waals surface area (Å²) in [5.41, 5.74) is 4.70. The molecule has 0 unspecified atom stereocenters. The standard InChI is InChI=1S/C12H14BrN3/c1-8-5-11(13)3-4-12(8)14-6-10-7-15-16-9(10)2/h3-5,7,14H,6H2,1-2H3,(H,15,16). The number of hydrogen-bond donors (Lipinski definition) is 2. The number of halogens is 1. The molecule has 1 aromatic carbocycles. The lowest BCUT2D eigenvalue weighted by atomic mass is 10.2. The molecule has 1 heterocycles. The minimum atomic E-state index is 0.796. The van der Waals surface area contributed by atoms with Crippen molar-refractivity contribution < 1.29 is 0 Å². The second-order valence-electron chi connectivity index (χ2n) is 3.83. The van der Waals surface area contributed by atoms with E-state index < -0.39 is 0 Å². The first-order valence-electron chi connectivity index (χ1n) is 5.15. The number of nitrogens with one attached hydrogen (secondary N) is 2. The van der Waals surface area contributed by atoms with Gasteiger partial charge in [-0.15, -0.1) is 0 Å². The van der Waals surface area contributed by atoms with Crippen molar-refractivity contribution in [2.75, 3.05) is 5.32 Å². The Kier molecular flexibility index (Phi) is 3.29. The first-order valence-corrected chi connectivity index (χ1v) is 5.95. The van der Waals surface area contributed by atoms with Gasteiger partial charge in [0.05, 0.1) is 6.20 Å². The summed E-state index contributed by atoms with van der Waals surface area (Å²) in [6.07, 6.45) is 1.86. The highest BCUT2D eigenvalue weighted by atomic mass is 79.9. The van der Waals surface area contributed by atoms with E-state index in [2.05, 4.69) is 50.5 Å². The van der Waals surface area contributed by atoms with Crippen molar-refractivity contribution in [3.05, 3.63) is 45.7 Å². The van der Waals surface area contributed by atoms with Crippen LogP contribution in [0.1, 0.15) is 16.8 Å². The molecule has 0 fully saturated rings. The van der Waals surface area contributed by atoms with Crippen molar-refractivity contribution >= 4 is 21.6 Å². The zero-order valence-corrected chi connectivity index (χ0v) is 10.9. The van der Waals surface area contributed by atoms with Crippen LogP contribution in [0.2, 0.25) is 0 Å². The number of aromatic amines is 1. The molecule has 4 heteroatoms. The summed E-state index contributed by atoms with van der Waals surface area (Å²) in [6.45, 7) is 4.92. The molecule has 0 radical (unpaired) electrons. The van der Waals surface area contributed by atoms with Crippen LogP contribution in [0, 0.1) is 13.8 Å². The average Bonchev–Trinajstić information content (AvgIpc) is 2.63. The van der Waals surface area contributed by atoms with E-state index in [0.29, 0.717) is 0 Å². The number of benzene rings is 1. The zero-order chi connectivity index (χ0) is 11.5. The molecule has 0 aliphatic heterocycles. The molecule has 2 aromatic rings. The van der Waals surface area contributed by atoms with Gasteiger partial charge in [0.15, 0.2) is 0 Å². The molecule has 0 saturated heterocycles. The maximum absolute atomic E-state index is 4.00. The monoisotopic (exact) mass is 279 g/mol. The summed E-state index contributed by atoms with van der Waals surface area (Å²) in [6, 6.07) is 6.22. The number of H-pyrrole nitrogens is 1. The van der Waals surface area contributed by atoms with Gasteiger partial charge in [-0.05, 0) is 37.6 Å². The minimum Gasteiger partial charge on any atom is -0.381 e. The Bertz CT molecular complexity index is 491. The van der Waals surface area contributed by atoms with E-state index in [1.807, 2.05) is 19.2 Å². The Hall–Kier alpha value is -1.29. The molecule has 0 spiro atoms. The number of aromatic nitrogens is 2. The number of nitrogens with zero attached hydrogens (tertiary/aromatic N) is 1. The fourth-order valence-electron chi connectivity index (χ4n) is 1.57. The molecular formula is C12H14BrN3. The van der Waals surface area contributed by atoms with Crippen LogP contribution >= 0.6 is 15.9 Å². The molecule has 16 heavy (non-hydrogen) atoms. The van der Waals surface area contributed by atoms with Crippen molar-refractivity contribution in [3.8, 4) is 0 Å². The molecule has 0 saturated carbocycles. The van der Waals surface area contributed by atoms with Crippen molar-refractivity contribution in [3.63, 3.8) is 0 Å². The summed E-state index contributed by atoms with van der Waals surface area (Å²) < 4.78 is 1.11. The third kappa shape index (κ3) is 2.44. The summed E-state index contributed by atoms with van der Waals surface area (Å²) in [5.74, 6) is 0. The number of aryl methyl sites for hydroxylation is 2. The van der Waals surface area contributed by atoms with Gasteiger partial charge in [0, 0.05) is 28.0 Å². The van der Waals surface area contributed by atoms with Gasteiger partial charge in [0.2, 0.25) is 0 Å². The minimum absolute atomic E-state index is 0.796. The van der Waals surface area contributed by atoms with E-state index in [-0.39, 0.29) is 0 Å². The maximum Gasteiger partial charge on any atom is 0.0539 e. The smallest absolute Gasteiger partial charge is 0.0539 e. The highest BCUT2D eigenvalue weighted by Crippen LogP contribution is 2.20. The lowest BCUT2D eigenvalue weighted by Crippen LogP contribution is -2.01. The molecule has 0 aliphatic rings. The summed E-state index contributed by atoms with van der Waals surface area (Å²) in [5, 5.41) is 10.3. The Labute approximate surface area is 103 Å². The highest BCUT2D eigenvalue weighted by molar-refractivity contribution is 9.10. The van der Waals surface area contributed by atoms with Crippen molar-refractivity contribution in [2.45, 2.75) is 20.4 Å². The van der Waals surface area contributed by atoms with Crippen LogP contribution in [0.4, 0.5) is 5.69 Å². The first-order chi connectivity index (χ1) is 7.66. The van der Waals surface area contributed by atoms with Crippen molar-refractivity contribution in [1.82, 2.24) is 10.2 Å². The van der Waals surface area contributed by atoms with Gasteiger partial charge in [-0.25, -0.2) is 0 Å². The number of anilines is 1. The van der Waals surface area contributed by atoms with E-state index in [4.69, 9.17) is 0 Å². The van der Waals surface area contributed by atoms with E-state index in [0.717, 1.165) is 22.4 Å². The normalized spacial score (nSPS) is 10.4. The molecule has 2 N–H and O–H groups in total. The van der Waals surface area contributed by atoms with Crippen LogP contribution in [-0.2, 0) is 6.54 Å². The molecule has 2 rings (SSSR count). The first kappa shape index (κ1) is 11.2. The highest BCUT2D eigenvalue weighted by Gasteiger charge is 2.02. The Morgan fingerprint density at radius 1 is 1.38 bits per heavy atom. The number of hydrogen-bond acceptors (Lipinski definition) is 2. The third-order valence-corrected chi connectivity index (χ3v) is 3.09. The van der Waals surface area contributed by atoms with Crippen LogP contribution in [0.25, 0.3) is 0 Å². The van der Waals surface area contributed by atoms with Gasteiger partial charge in [-0.2, -0.15) is 5.10 Å². The fraction of sp³-hybridized carbons (Fsp3) is 0.250. The molecule has 84 valence electrons. The summed E-state index contributed by atoms with van der Waals surface area (Å²) in [7, 11) is 0. The lowest BCUT2D eigenvalue weighted by molar-refractivity contribution is 1.04. The topological polar surface area (TPSA) is 40.7 Å². The maximum atomic E-state index is 4.00. The van der Waals surface area contributed by atoms with Crippen LogP contribution < -0.4 is 5.32 Å². The Morgan fingerprint density at radius 3 is 2.81 bits per heavy atom. The second-order valence-corrected chi connectivity index (χ2v) is 4.75. The van der Waals surface area contributed by atoms with Crippen molar-refractivity contribution in [1.29, 1.82) is 0 Å².